The molecule has 1 aromatic rings. The summed E-state index contributed by atoms with van der Waals surface area (Å²) in [6.45, 7) is 1.97. The molecule has 0 amide bonds. The van der Waals surface area contributed by atoms with Crippen LogP contribution in [0.25, 0.3) is 0 Å². The molecular formula is C16H22O. The maximum absolute atomic E-state index is 10.6. The highest BCUT2D eigenvalue weighted by atomic mass is 16.1. The minimum Gasteiger partial charge on any atom is -0.303 e. The van der Waals surface area contributed by atoms with E-state index < -0.39 is 0 Å². The Morgan fingerprint density at radius 2 is 1.82 bits per heavy atom. The molecule has 1 unspecified atom stereocenters. The summed E-state index contributed by atoms with van der Waals surface area (Å²) < 4.78 is 0. The van der Waals surface area contributed by atoms with Crippen molar-refractivity contribution in [2.24, 2.45) is 5.92 Å². The zero-order valence-corrected chi connectivity index (χ0v) is 10.7. The summed E-state index contributed by atoms with van der Waals surface area (Å²) in [5.74, 6) is 0.914. The van der Waals surface area contributed by atoms with Crippen LogP contribution in [0.1, 0.15) is 56.1 Å². The third-order valence-electron chi connectivity index (χ3n) is 3.85. The first-order valence-corrected chi connectivity index (χ1v) is 6.83. The van der Waals surface area contributed by atoms with Gasteiger partial charge in [-0.05, 0) is 36.3 Å². The molecule has 1 aliphatic rings. The van der Waals surface area contributed by atoms with Crippen molar-refractivity contribution in [3.05, 3.63) is 35.4 Å². The van der Waals surface area contributed by atoms with Crippen molar-refractivity contribution in [1.82, 2.24) is 0 Å². The van der Waals surface area contributed by atoms with E-state index in [2.05, 4.69) is 24.3 Å². The van der Waals surface area contributed by atoms with Gasteiger partial charge in [0.05, 0.1) is 0 Å². The first kappa shape index (κ1) is 12.3. The van der Waals surface area contributed by atoms with Crippen LogP contribution >= 0.6 is 0 Å². The average Bonchev–Trinajstić information content (AvgIpc) is 2.40. The van der Waals surface area contributed by atoms with Crippen LogP contribution in [0.4, 0.5) is 0 Å². The molecule has 17 heavy (non-hydrogen) atoms. The van der Waals surface area contributed by atoms with Crippen LogP contribution < -0.4 is 0 Å². The van der Waals surface area contributed by atoms with Crippen molar-refractivity contribution in [2.45, 2.75) is 51.4 Å². The molecule has 1 aromatic carbocycles. The van der Waals surface area contributed by atoms with Gasteiger partial charge in [-0.2, -0.15) is 0 Å². The SMILES string of the molecule is CC(C=O)Cc1ccc(C2CCCCC2)cc1. The molecule has 1 saturated carbocycles. The number of hydrogen-bond donors (Lipinski definition) is 0. The number of carbonyl (C=O) groups is 1. The second-order valence-electron chi connectivity index (χ2n) is 5.39. The van der Waals surface area contributed by atoms with E-state index in [1.165, 1.54) is 43.2 Å². The van der Waals surface area contributed by atoms with Gasteiger partial charge >= 0.3 is 0 Å². The second-order valence-corrected chi connectivity index (χ2v) is 5.39. The highest BCUT2D eigenvalue weighted by molar-refractivity contribution is 5.53. The predicted molar refractivity (Wildman–Crippen MR) is 71.2 cm³/mol. The van der Waals surface area contributed by atoms with E-state index in [0.29, 0.717) is 0 Å². The monoisotopic (exact) mass is 230 g/mol. The molecule has 1 heteroatoms. The summed E-state index contributed by atoms with van der Waals surface area (Å²) in [6.07, 6.45) is 8.78. The van der Waals surface area contributed by atoms with Gasteiger partial charge in [0.25, 0.3) is 0 Å². The lowest BCUT2D eigenvalue weighted by Crippen LogP contribution is -2.05. The van der Waals surface area contributed by atoms with E-state index in [1.54, 1.807) is 0 Å². The van der Waals surface area contributed by atoms with Crippen molar-refractivity contribution in [3.63, 3.8) is 0 Å². The third kappa shape index (κ3) is 3.42. The molecule has 0 heterocycles. The van der Waals surface area contributed by atoms with E-state index in [9.17, 15) is 4.79 Å². The maximum atomic E-state index is 10.6. The lowest BCUT2D eigenvalue weighted by molar-refractivity contribution is -0.110. The molecule has 1 aliphatic carbocycles. The third-order valence-corrected chi connectivity index (χ3v) is 3.85. The Balaban J connectivity index is 1.99. The smallest absolute Gasteiger partial charge is 0.123 e. The molecule has 1 atom stereocenters. The van der Waals surface area contributed by atoms with Crippen molar-refractivity contribution >= 4 is 6.29 Å². The zero-order valence-electron chi connectivity index (χ0n) is 10.7. The minimum atomic E-state index is 0.135. The van der Waals surface area contributed by atoms with Crippen LogP contribution in [0.2, 0.25) is 0 Å². The Hall–Kier alpha value is -1.11. The number of rotatable bonds is 4. The predicted octanol–water partition coefficient (Wildman–Crippen LogP) is 4.11. The van der Waals surface area contributed by atoms with Crippen molar-refractivity contribution in [1.29, 1.82) is 0 Å². The fourth-order valence-corrected chi connectivity index (χ4v) is 2.78. The Morgan fingerprint density at radius 3 is 2.41 bits per heavy atom. The van der Waals surface area contributed by atoms with Gasteiger partial charge in [0, 0.05) is 5.92 Å². The number of benzene rings is 1. The molecular weight excluding hydrogens is 208 g/mol. The summed E-state index contributed by atoms with van der Waals surface area (Å²) in [4.78, 5) is 10.6. The van der Waals surface area contributed by atoms with Gasteiger partial charge in [-0.3, -0.25) is 0 Å². The van der Waals surface area contributed by atoms with Gasteiger partial charge in [0.1, 0.15) is 6.29 Å². The first-order chi connectivity index (χ1) is 8.29. The molecule has 0 radical (unpaired) electrons. The fraction of sp³-hybridized carbons (Fsp3) is 0.562. The normalized spacial score (nSPS) is 18.9. The van der Waals surface area contributed by atoms with Gasteiger partial charge in [-0.25, -0.2) is 0 Å². The minimum absolute atomic E-state index is 0.135. The summed E-state index contributed by atoms with van der Waals surface area (Å²) in [6, 6.07) is 8.93. The van der Waals surface area contributed by atoms with Crippen LogP contribution in [-0.4, -0.2) is 6.29 Å². The maximum Gasteiger partial charge on any atom is 0.123 e. The van der Waals surface area contributed by atoms with E-state index in [-0.39, 0.29) is 5.92 Å². The molecule has 0 saturated heterocycles. The largest absolute Gasteiger partial charge is 0.303 e. The Kier molecular flexibility index (Phi) is 4.36. The van der Waals surface area contributed by atoms with Crippen LogP contribution in [0, 0.1) is 5.92 Å². The molecule has 0 spiro atoms. The standard InChI is InChI=1S/C16H22O/c1-13(12-17)11-14-7-9-16(10-8-14)15-5-3-2-4-6-15/h7-10,12-13,15H,2-6,11H2,1H3. The highest BCUT2D eigenvalue weighted by Gasteiger charge is 2.15. The summed E-state index contributed by atoms with van der Waals surface area (Å²) >= 11 is 0. The average molecular weight is 230 g/mol. The molecule has 0 aliphatic heterocycles. The lowest BCUT2D eigenvalue weighted by Gasteiger charge is -2.22. The Labute approximate surface area is 104 Å². The first-order valence-electron chi connectivity index (χ1n) is 6.83. The van der Waals surface area contributed by atoms with E-state index in [4.69, 9.17) is 0 Å². The summed E-state index contributed by atoms with van der Waals surface area (Å²) in [5, 5.41) is 0. The fourth-order valence-electron chi connectivity index (χ4n) is 2.78. The van der Waals surface area contributed by atoms with E-state index in [1.807, 2.05) is 6.92 Å². The zero-order chi connectivity index (χ0) is 12.1. The lowest BCUT2D eigenvalue weighted by atomic mass is 9.83. The van der Waals surface area contributed by atoms with Crippen molar-refractivity contribution in [3.8, 4) is 0 Å². The van der Waals surface area contributed by atoms with Gasteiger partial charge in [0.2, 0.25) is 0 Å². The molecule has 2 rings (SSSR count). The van der Waals surface area contributed by atoms with Crippen LogP contribution in [-0.2, 0) is 11.2 Å². The van der Waals surface area contributed by atoms with Crippen molar-refractivity contribution in [2.75, 3.05) is 0 Å². The Morgan fingerprint density at radius 1 is 1.18 bits per heavy atom. The van der Waals surface area contributed by atoms with Crippen LogP contribution in [0.5, 0.6) is 0 Å². The van der Waals surface area contributed by atoms with Crippen LogP contribution in [0.3, 0.4) is 0 Å². The molecule has 1 fully saturated rings. The van der Waals surface area contributed by atoms with E-state index >= 15 is 0 Å². The number of carbonyl (C=O) groups excluding carboxylic acids is 1. The summed E-state index contributed by atoms with van der Waals surface area (Å²) in [5.41, 5.74) is 2.77. The number of hydrogen-bond acceptors (Lipinski definition) is 1. The second kappa shape index (κ2) is 6.00. The van der Waals surface area contributed by atoms with Gasteiger partial charge in [0.15, 0.2) is 0 Å². The molecule has 0 aromatic heterocycles. The topological polar surface area (TPSA) is 17.1 Å². The number of aldehydes is 1. The quantitative estimate of drug-likeness (QED) is 0.711. The molecule has 0 bridgehead atoms. The van der Waals surface area contributed by atoms with Gasteiger partial charge in [-0.1, -0.05) is 50.5 Å². The van der Waals surface area contributed by atoms with Crippen LogP contribution in [0.15, 0.2) is 24.3 Å². The van der Waals surface area contributed by atoms with E-state index in [0.717, 1.165) is 18.6 Å². The van der Waals surface area contributed by atoms with Gasteiger partial charge < -0.3 is 4.79 Å². The molecule has 0 N–H and O–H groups in total. The van der Waals surface area contributed by atoms with Crippen molar-refractivity contribution < 1.29 is 4.79 Å². The highest BCUT2D eigenvalue weighted by Crippen LogP contribution is 2.32. The Bertz CT molecular complexity index is 346. The molecule has 92 valence electrons. The molecule has 1 nitrogen and oxygen atoms in total. The summed E-state index contributed by atoms with van der Waals surface area (Å²) in [7, 11) is 0. The van der Waals surface area contributed by atoms with Gasteiger partial charge in [-0.15, -0.1) is 0 Å².